The summed E-state index contributed by atoms with van der Waals surface area (Å²) >= 11 is 0. The van der Waals surface area contributed by atoms with Gasteiger partial charge in [-0.2, -0.15) is 0 Å². The summed E-state index contributed by atoms with van der Waals surface area (Å²) in [6.07, 6.45) is 1.18. The van der Waals surface area contributed by atoms with E-state index < -0.39 is 0 Å². The Hall–Kier alpha value is -0.820. The van der Waals surface area contributed by atoms with Crippen LogP contribution in [0.25, 0.3) is 0 Å². The highest BCUT2D eigenvalue weighted by Gasteiger charge is 2.17. The summed E-state index contributed by atoms with van der Waals surface area (Å²) in [4.78, 5) is 0. The zero-order chi connectivity index (χ0) is 10.1. The third kappa shape index (κ3) is 1.69. The summed E-state index contributed by atoms with van der Waals surface area (Å²) in [6, 6.07) is 7.37. The van der Waals surface area contributed by atoms with Crippen LogP contribution in [0.1, 0.15) is 43.4 Å². The van der Waals surface area contributed by atoms with E-state index in [1.54, 1.807) is 11.1 Å². The van der Waals surface area contributed by atoms with Gasteiger partial charge in [0, 0.05) is 12.6 Å². The zero-order valence-corrected chi connectivity index (χ0v) is 9.30. The predicted octanol–water partition coefficient (Wildman–Crippen LogP) is 2.84. The molecule has 0 amide bonds. The number of hydrogen-bond donors (Lipinski definition) is 1. The Labute approximate surface area is 86.5 Å². The molecule has 1 heterocycles. The fourth-order valence-electron chi connectivity index (χ4n) is 2.28. The average molecular weight is 189 g/mol. The molecule has 1 atom stereocenters. The molecule has 2 rings (SSSR count). The Bertz CT molecular complexity index is 328. The lowest BCUT2D eigenvalue weighted by molar-refractivity contribution is 0.509. The Morgan fingerprint density at radius 3 is 2.86 bits per heavy atom. The molecule has 76 valence electrons. The zero-order valence-electron chi connectivity index (χ0n) is 9.30. The smallest absolute Gasteiger partial charge is 0.0213 e. The Morgan fingerprint density at radius 2 is 2.14 bits per heavy atom. The molecule has 0 aromatic heterocycles. The van der Waals surface area contributed by atoms with E-state index in [-0.39, 0.29) is 0 Å². The molecule has 1 heteroatoms. The first kappa shape index (κ1) is 9.72. The van der Waals surface area contributed by atoms with Crippen molar-refractivity contribution in [2.24, 2.45) is 0 Å². The van der Waals surface area contributed by atoms with Gasteiger partial charge < -0.3 is 5.32 Å². The lowest BCUT2D eigenvalue weighted by Crippen LogP contribution is -2.33. The van der Waals surface area contributed by atoms with Gasteiger partial charge in [0.05, 0.1) is 0 Å². The van der Waals surface area contributed by atoms with Crippen LogP contribution in [0.5, 0.6) is 0 Å². The first-order valence-electron chi connectivity index (χ1n) is 5.52. The number of benzene rings is 1. The second-order valence-corrected chi connectivity index (χ2v) is 4.63. The highest BCUT2D eigenvalue weighted by molar-refractivity contribution is 5.39. The molecule has 0 aliphatic carbocycles. The topological polar surface area (TPSA) is 12.0 Å². The van der Waals surface area contributed by atoms with E-state index in [1.165, 1.54) is 12.0 Å². The first-order chi connectivity index (χ1) is 6.68. The van der Waals surface area contributed by atoms with Crippen molar-refractivity contribution in [3.8, 4) is 0 Å². The fourth-order valence-corrected chi connectivity index (χ4v) is 2.28. The monoisotopic (exact) mass is 189 g/mol. The van der Waals surface area contributed by atoms with Crippen LogP contribution in [0.2, 0.25) is 0 Å². The van der Waals surface area contributed by atoms with E-state index in [0.717, 1.165) is 6.54 Å². The standard InChI is InChI=1S/C13H19N/c1-9(2)12-6-4-5-11-7-10(3)14-8-13(11)12/h4-6,9-10,14H,7-8H2,1-3H3. The predicted molar refractivity (Wildman–Crippen MR) is 60.5 cm³/mol. The summed E-state index contributed by atoms with van der Waals surface area (Å²) in [5.41, 5.74) is 4.60. The molecule has 1 aliphatic rings. The van der Waals surface area contributed by atoms with Crippen molar-refractivity contribution < 1.29 is 0 Å². The first-order valence-corrected chi connectivity index (χ1v) is 5.52. The van der Waals surface area contributed by atoms with Crippen LogP contribution in [0, 0.1) is 0 Å². The van der Waals surface area contributed by atoms with Crippen molar-refractivity contribution in [1.82, 2.24) is 5.32 Å². The van der Waals surface area contributed by atoms with E-state index >= 15 is 0 Å². The van der Waals surface area contributed by atoms with Crippen molar-refractivity contribution >= 4 is 0 Å². The minimum atomic E-state index is 0.630. The van der Waals surface area contributed by atoms with Crippen LogP contribution in [-0.2, 0) is 13.0 Å². The van der Waals surface area contributed by atoms with Crippen molar-refractivity contribution in [1.29, 1.82) is 0 Å². The largest absolute Gasteiger partial charge is 0.310 e. The molecule has 1 aliphatic heterocycles. The van der Waals surface area contributed by atoms with Crippen LogP contribution in [-0.4, -0.2) is 6.04 Å². The van der Waals surface area contributed by atoms with Gasteiger partial charge in [-0.3, -0.25) is 0 Å². The van der Waals surface area contributed by atoms with Crippen LogP contribution in [0.15, 0.2) is 18.2 Å². The van der Waals surface area contributed by atoms with Gasteiger partial charge in [-0.25, -0.2) is 0 Å². The molecule has 1 aromatic rings. The van der Waals surface area contributed by atoms with Gasteiger partial charge >= 0.3 is 0 Å². The molecule has 0 radical (unpaired) electrons. The maximum atomic E-state index is 3.53. The Morgan fingerprint density at radius 1 is 1.36 bits per heavy atom. The molecule has 1 unspecified atom stereocenters. The van der Waals surface area contributed by atoms with Gasteiger partial charge in [-0.15, -0.1) is 0 Å². The molecule has 14 heavy (non-hydrogen) atoms. The molecule has 0 bridgehead atoms. The molecule has 0 fully saturated rings. The summed E-state index contributed by atoms with van der Waals surface area (Å²) in [6.45, 7) is 7.84. The van der Waals surface area contributed by atoms with Gasteiger partial charge in [-0.05, 0) is 36.0 Å². The fraction of sp³-hybridized carbons (Fsp3) is 0.538. The maximum Gasteiger partial charge on any atom is 0.0213 e. The minimum absolute atomic E-state index is 0.630. The molecule has 1 N–H and O–H groups in total. The van der Waals surface area contributed by atoms with Crippen LogP contribution in [0.3, 0.4) is 0 Å². The van der Waals surface area contributed by atoms with E-state index in [4.69, 9.17) is 0 Å². The molecular formula is C13H19N. The van der Waals surface area contributed by atoms with Gasteiger partial charge in [0.15, 0.2) is 0 Å². The molecule has 0 saturated heterocycles. The lowest BCUT2D eigenvalue weighted by atomic mass is 9.88. The average Bonchev–Trinajstić information content (AvgIpc) is 2.16. The van der Waals surface area contributed by atoms with Crippen molar-refractivity contribution in [2.75, 3.05) is 0 Å². The van der Waals surface area contributed by atoms with Gasteiger partial charge in [0.1, 0.15) is 0 Å². The second-order valence-electron chi connectivity index (χ2n) is 4.63. The molecular weight excluding hydrogens is 170 g/mol. The highest BCUT2D eigenvalue weighted by Crippen LogP contribution is 2.25. The third-order valence-corrected chi connectivity index (χ3v) is 3.08. The number of rotatable bonds is 1. The van der Waals surface area contributed by atoms with Crippen LogP contribution < -0.4 is 5.32 Å². The quantitative estimate of drug-likeness (QED) is 0.716. The number of fused-ring (bicyclic) bond motifs is 1. The number of nitrogens with one attached hydrogen (secondary N) is 1. The minimum Gasteiger partial charge on any atom is -0.310 e. The molecule has 1 nitrogen and oxygen atoms in total. The summed E-state index contributed by atoms with van der Waals surface area (Å²) < 4.78 is 0. The van der Waals surface area contributed by atoms with Crippen molar-refractivity contribution in [3.63, 3.8) is 0 Å². The van der Waals surface area contributed by atoms with Crippen molar-refractivity contribution in [2.45, 2.75) is 45.7 Å². The Kier molecular flexibility index (Phi) is 2.60. The van der Waals surface area contributed by atoms with Crippen molar-refractivity contribution in [3.05, 3.63) is 34.9 Å². The van der Waals surface area contributed by atoms with Crippen LogP contribution >= 0.6 is 0 Å². The van der Waals surface area contributed by atoms with Crippen LogP contribution in [0.4, 0.5) is 0 Å². The Balaban J connectivity index is 2.41. The molecule has 1 aromatic carbocycles. The SMILES string of the molecule is CC1Cc2cccc(C(C)C)c2CN1. The summed E-state index contributed by atoms with van der Waals surface area (Å²) in [5, 5.41) is 3.53. The van der Waals surface area contributed by atoms with E-state index in [9.17, 15) is 0 Å². The maximum absolute atomic E-state index is 3.53. The van der Waals surface area contributed by atoms with Gasteiger partial charge in [0.2, 0.25) is 0 Å². The third-order valence-electron chi connectivity index (χ3n) is 3.08. The second kappa shape index (κ2) is 3.74. The van der Waals surface area contributed by atoms with Gasteiger partial charge in [-0.1, -0.05) is 32.0 Å². The summed E-state index contributed by atoms with van der Waals surface area (Å²) in [7, 11) is 0. The molecule has 0 spiro atoms. The van der Waals surface area contributed by atoms with E-state index in [1.807, 2.05) is 0 Å². The van der Waals surface area contributed by atoms with E-state index in [2.05, 4.69) is 44.3 Å². The lowest BCUT2D eigenvalue weighted by Gasteiger charge is -2.26. The highest BCUT2D eigenvalue weighted by atomic mass is 14.9. The van der Waals surface area contributed by atoms with Gasteiger partial charge in [0.25, 0.3) is 0 Å². The normalized spacial score (nSPS) is 21.0. The molecule has 0 saturated carbocycles. The summed E-state index contributed by atoms with van der Waals surface area (Å²) in [5.74, 6) is 0.639. The number of hydrogen-bond acceptors (Lipinski definition) is 1. The van der Waals surface area contributed by atoms with E-state index in [0.29, 0.717) is 12.0 Å².